The lowest BCUT2D eigenvalue weighted by Gasteiger charge is -2.24. The van der Waals surface area contributed by atoms with Crippen molar-refractivity contribution in [1.29, 1.82) is 0 Å². The van der Waals surface area contributed by atoms with E-state index < -0.39 is 29.0 Å². The summed E-state index contributed by atoms with van der Waals surface area (Å²) in [6.45, 7) is 5.38. The summed E-state index contributed by atoms with van der Waals surface area (Å²) in [4.78, 5) is 17.0. The zero-order valence-electron chi connectivity index (χ0n) is 25.8. The van der Waals surface area contributed by atoms with Crippen LogP contribution in [0.4, 0.5) is 33.7 Å². The van der Waals surface area contributed by atoms with Crippen molar-refractivity contribution in [3.05, 3.63) is 95.4 Å². The molecule has 1 aromatic heterocycles. The molecule has 0 bridgehead atoms. The fraction of sp³-hybridized carbons (Fsp3) is 0.294. The fourth-order valence-electron chi connectivity index (χ4n) is 4.56. The molecule has 3 aromatic carbocycles. The van der Waals surface area contributed by atoms with Gasteiger partial charge in [-0.25, -0.2) is 14.2 Å². The van der Waals surface area contributed by atoms with E-state index >= 15 is 4.39 Å². The number of methoxy groups -OCH3 is 1. The van der Waals surface area contributed by atoms with Crippen LogP contribution in [-0.2, 0) is 19.2 Å². The summed E-state index contributed by atoms with van der Waals surface area (Å²) < 4.78 is 73.2. The van der Waals surface area contributed by atoms with Gasteiger partial charge in [-0.15, -0.1) is 0 Å². The number of nitrogens with one attached hydrogen (secondary N) is 2. The number of ether oxygens (including phenoxy) is 3. The lowest BCUT2D eigenvalue weighted by atomic mass is 9.85. The second-order valence-electron chi connectivity index (χ2n) is 11.2. The highest BCUT2D eigenvalue weighted by Crippen LogP contribution is 2.37. The fourth-order valence-corrected chi connectivity index (χ4v) is 4.56. The SMILES string of the molecule is CCOc1cc(-c2ccc(NC(=O)Nc3ccc(CC(C)(C)CO)c(C(F)(F)F)c3)c(F)c2)cnc1OCc1ccc(OC)cc1. The molecule has 0 saturated carbocycles. The molecule has 0 aliphatic carbocycles. The first-order chi connectivity index (χ1) is 21.8. The molecule has 0 unspecified atom stereocenters. The highest BCUT2D eigenvalue weighted by Gasteiger charge is 2.35. The van der Waals surface area contributed by atoms with Crippen LogP contribution >= 0.6 is 0 Å². The number of hydrogen-bond donors (Lipinski definition) is 3. The number of alkyl halides is 3. The molecule has 46 heavy (non-hydrogen) atoms. The van der Waals surface area contributed by atoms with Gasteiger partial charge in [-0.05, 0) is 77.9 Å². The predicted molar refractivity (Wildman–Crippen MR) is 167 cm³/mol. The molecule has 0 aliphatic rings. The molecule has 4 rings (SSSR count). The third-order valence-electron chi connectivity index (χ3n) is 6.97. The quantitative estimate of drug-likeness (QED) is 0.135. The summed E-state index contributed by atoms with van der Waals surface area (Å²) in [5, 5.41) is 14.1. The second-order valence-corrected chi connectivity index (χ2v) is 11.2. The van der Waals surface area contributed by atoms with Crippen LogP contribution in [-0.4, -0.2) is 36.4 Å². The molecule has 0 atom stereocenters. The number of urea groups is 1. The van der Waals surface area contributed by atoms with Crippen molar-refractivity contribution in [2.45, 2.75) is 40.0 Å². The van der Waals surface area contributed by atoms with Gasteiger partial charge < -0.3 is 30.0 Å². The van der Waals surface area contributed by atoms with Gasteiger partial charge in [0.15, 0.2) is 5.75 Å². The monoisotopic (exact) mass is 641 g/mol. The zero-order valence-corrected chi connectivity index (χ0v) is 25.8. The maximum Gasteiger partial charge on any atom is 0.416 e. The van der Waals surface area contributed by atoms with E-state index in [4.69, 9.17) is 14.2 Å². The first-order valence-corrected chi connectivity index (χ1v) is 14.4. The molecule has 244 valence electrons. The molecule has 0 fully saturated rings. The number of aliphatic hydroxyl groups excluding tert-OH is 1. The molecule has 3 N–H and O–H groups in total. The minimum absolute atomic E-state index is 0.0158. The molecule has 12 heteroatoms. The van der Waals surface area contributed by atoms with Gasteiger partial charge in [-0.1, -0.05) is 38.1 Å². The van der Waals surface area contributed by atoms with Crippen LogP contribution in [0.5, 0.6) is 17.4 Å². The number of aromatic nitrogens is 1. The summed E-state index contributed by atoms with van der Waals surface area (Å²) >= 11 is 0. The van der Waals surface area contributed by atoms with E-state index in [2.05, 4.69) is 15.6 Å². The van der Waals surface area contributed by atoms with Gasteiger partial charge in [0.2, 0.25) is 0 Å². The third-order valence-corrected chi connectivity index (χ3v) is 6.97. The minimum Gasteiger partial charge on any atom is -0.497 e. The van der Waals surface area contributed by atoms with Crippen molar-refractivity contribution in [1.82, 2.24) is 4.98 Å². The van der Waals surface area contributed by atoms with Crippen LogP contribution in [0.25, 0.3) is 11.1 Å². The number of carbonyl (C=O) groups excluding carboxylic acids is 1. The molecule has 8 nitrogen and oxygen atoms in total. The van der Waals surface area contributed by atoms with Gasteiger partial charge in [0, 0.05) is 24.1 Å². The van der Waals surface area contributed by atoms with Gasteiger partial charge in [0.25, 0.3) is 5.88 Å². The van der Waals surface area contributed by atoms with E-state index in [1.54, 1.807) is 40.0 Å². The highest BCUT2D eigenvalue weighted by molar-refractivity contribution is 6.00. The number of amides is 2. The number of pyridine rings is 1. The Hall–Kier alpha value is -4.84. The lowest BCUT2D eigenvalue weighted by Crippen LogP contribution is -2.23. The number of anilines is 2. The van der Waals surface area contributed by atoms with Crippen molar-refractivity contribution in [2.75, 3.05) is 31.0 Å². The maximum absolute atomic E-state index is 15.1. The summed E-state index contributed by atoms with van der Waals surface area (Å²) in [5.74, 6) is 0.568. The molecular weight excluding hydrogens is 606 g/mol. The van der Waals surface area contributed by atoms with Crippen LogP contribution in [0, 0.1) is 11.2 Å². The molecular formula is C34H35F4N3O5. The molecule has 0 aliphatic heterocycles. The van der Waals surface area contributed by atoms with Crippen LogP contribution in [0.2, 0.25) is 0 Å². The number of halogens is 4. The molecule has 0 saturated heterocycles. The van der Waals surface area contributed by atoms with E-state index in [-0.39, 0.29) is 42.5 Å². The molecule has 4 aromatic rings. The number of hydrogen-bond acceptors (Lipinski definition) is 6. The topological polar surface area (TPSA) is 102 Å². The number of rotatable bonds is 12. The molecule has 1 heterocycles. The summed E-state index contributed by atoms with van der Waals surface area (Å²) in [6.07, 6.45) is -3.21. The molecule has 0 radical (unpaired) electrons. The maximum atomic E-state index is 15.1. The van der Waals surface area contributed by atoms with Crippen LogP contribution in [0.15, 0.2) is 72.9 Å². The van der Waals surface area contributed by atoms with Crippen LogP contribution < -0.4 is 24.8 Å². The Morgan fingerprint density at radius 3 is 2.30 bits per heavy atom. The average molecular weight is 642 g/mol. The van der Waals surface area contributed by atoms with E-state index in [1.807, 2.05) is 24.3 Å². The van der Waals surface area contributed by atoms with Crippen molar-refractivity contribution in [3.8, 4) is 28.5 Å². The van der Waals surface area contributed by atoms with Gasteiger partial charge in [0.1, 0.15) is 18.2 Å². The van der Waals surface area contributed by atoms with Crippen LogP contribution in [0.3, 0.4) is 0 Å². The second kappa shape index (κ2) is 14.5. The smallest absolute Gasteiger partial charge is 0.416 e. The molecule has 2 amide bonds. The number of aliphatic hydroxyl groups is 1. The van der Waals surface area contributed by atoms with Gasteiger partial charge >= 0.3 is 12.2 Å². The van der Waals surface area contributed by atoms with Crippen molar-refractivity contribution < 1.29 is 41.7 Å². The molecule has 0 spiro atoms. The standard InChI is InChI=1S/C34H35F4N3O5/c1-5-45-30-15-24(18-39-31(30)46-19-21-6-11-26(44-4)12-7-21)22-9-13-29(28(35)14-22)41-32(43)40-25-10-8-23(17-33(2,3)20-42)27(16-25)34(36,37)38/h6-16,18,42H,5,17,19-20H2,1-4H3,(H2,40,41,43). The summed E-state index contributed by atoms with van der Waals surface area (Å²) in [7, 11) is 1.58. The Balaban J connectivity index is 1.46. The largest absolute Gasteiger partial charge is 0.497 e. The number of carbonyl (C=O) groups is 1. The first kappa shape index (κ1) is 34.0. The van der Waals surface area contributed by atoms with Crippen LogP contribution in [0.1, 0.15) is 37.5 Å². The van der Waals surface area contributed by atoms with Gasteiger partial charge in [-0.3, -0.25) is 0 Å². The summed E-state index contributed by atoms with van der Waals surface area (Å²) in [5.41, 5.74) is -0.174. The van der Waals surface area contributed by atoms with Crippen molar-refractivity contribution in [3.63, 3.8) is 0 Å². The highest BCUT2D eigenvalue weighted by atomic mass is 19.4. The number of nitrogens with zero attached hydrogens (tertiary/aromatic N) is 1. The normalized spacial score (nSPS) is 11.6. The Morgan fingerprint density at radius 2 is 1.67 bits per heavy atom. The Bertz CT molecular complexity index is 1660. The van der Waals surface area contributed by atoms with Crippen molar-refractivity contribution in [2.24, 2.45) is 5.41 Å². The predicted octanol–water partition coefficient (Wildman–Crippen LogP) is 8.10. The number of benzene rings is 3. The van der Waals surface area contributed by atoms with E-state index in [1.165, 1.54) is 30.5 Å². The van der Waals surface area contributed by atoms with E-state index in [0.717, 1.165) is 17.4 Å². The third kappa shape index (κ3) is 8.87. The average Bonchev–Trinajstić information content (AvgIpc) is 3.02. The lowest BCUT2D eigenvalue weighted by molar-refractivity contribution is -0.138. The Labute approximate surface area is 264 Å². The first-order valence-electron chi connectivity index (χ1n) is 14.4. The van der Waals surface area contributed by atoms with Crippen molar-refractivity contribution >= 4 is 17.4 Å². The Kier molecular flexibility index (Phi) is 10.7. The van der Waals surface area contributed by atoms with Gasteiger partial charge in [0.05, 0.1) is 25.0 Å². The Morgan fingerprint density at radius 1 is 0.935 bits per heavy atom. The van der Waals surface area contributed by atoms with Gasteiger partial charge in [-0.2, -0.15) is 13.2 Å². The zero-order chi connectivity index (χ0) is 33.5. The van der Waals surface area contributed by atoms with E-state index in [9.17, 15) is 23.1 Å². The summed E-state index contributed by atoms with van der Waals surface area (Å²) in [6, 6.07) is 15.6. The van der Waals surface area contributed by atoms with E-state index in [0.29, 0.717) is 23.5 Å². The minimum atomic E-state index is -4.69.